The van der Waals surface area contributed by atoms with Gasteiger partial charge < -0.3 is 4.57 Å². The minimum absolute atomic E-state index is 0.0702. The number of carbonyl (C=O) groups is 1. The summed E-state index contributed by atoms with van der Waals surface area (Å²) in [5.74, 6) is 1.43. The number of rotatable bonds is 4. The van der Waals surface area contributed by atoms with Crippen molar-refractivity contribution in [3.8, 4) is 0 Å². The lowest BCUT2D eigenvalue weighted by Gasteiger charge is -2.07. The summed E-state index contributed by atoms with van der Waals surface area (Å²) in [4.78, 5) is 10.9. The number of aromatic nitrogens is 3. The first-order chi connectivity index (χ1) is 8.39. The minimum Gasteiger partial charge on any atom is -0.309 e. The maximum absolute atomic E-state index is 11.4. The smallest absolute Gasteiger partial charge is 0.191 e. The molecule has 1 aliphatic heterocycles. The van der Waals surface area contributed by atoms with Crippen molar-refractivity contribution < 1.29 is 13.2 Å². The molecule has 1 aromatic heterocycles. The van der Waals surface area contributed by atoms with Crippen LogP contribution in [0, 0.1) is 0 Å². The van der Waals surface area contributed by atoms with Gasteiger partial charge in [0.25, 0.3) is 0 Å². The third-order valence-electron chi connectivity index (χ3n) is 2.87. The molecular weight excluding hydrogens is 274 g/mol. The minimum atomic E-state index is -2.92. The molecule has 0 saturated carbocycles. The van der Waals surface area contributed by atoms with Gasteiger partial charge in [0.15, 0.2) is 15.0 Å². The molecule has 1 unspecified atom stereocenters. The van der Waals surface area contributed by atoms with E-state index in [-0.39, 0.29) is 23.2 Å². The van der Waals surface area contributed by atoms with Gasteiger partial charge in [0.1, 0.15) is 11.6 Å². The van der Waals surface area contributed by atoms with E-state index >= 15 is 0 Å². The fourth-order valence-electron chi connectivity index (χ4n) is 1.97. The van der Waals surface area contributed by atoms with E-state index in [0.29, 0.717) is 23.2 Å². The maximum Gasteiger partial charge on any atom is 0.191 e. The van der Waals surface area contributed by atoms with E-state index in [1.165, 1.54) is 18.7 Å². The summed E-state index contributed by atoms with van der Waals surface area (Å²) in [5, 5.41) is 8.72. The van der Waals surface area contributed by atoms with Crippen molar-refractivity contribution in [3.63, 3.8) is 0 Å². The topological polar surface area (TPSA) is 81.9 Å². The Morgan fingerprint density at radius 2 is 2.22 bits per heavy atom. The highest BCUT2D eigenvalue weighted by molar-refractivity contribution is 7.99. The van der Waals surface area contributed by atoms with Crippen LogP contribution in [-0.2, 0) is 21.7 Å². The van der Waals surface area contributed by atoms with Crippen LogP contribution in [0.5, 0.6) is 0 Å². The molecule has 18 heavy (non-hydrogen) atoms. The number of thioether (sulfide) groups is 1. The molecule has 1 aromatic rings. The second-order valence-electron chi connectivity index (χ2n) is 4.49. The average molecular weight is 289 g/mol. The number of ketones is 1. The van der Waals surface area contributed by atoms with Gasteiger partial charge in [0.2, 0.25) is 0 Å². The molecule has 6 nitrogen and oxygen atoms in total. The lowest BCUT2D eigenvalue weighted by atomic mass is 10.1. The van der Waals surface area contributed by atoms with Crippen LogP contribution in [-0.4, -0.2) is 46.2 Å². The number of hydrogen-bond donors (Lipinski definition) is 0. The molecular formula is C10H15N3O3S2. The van der Waals surface area contributed by atoms with Crippen molar-refractivity contribution in [1.29, 1.82) is 0 Å². The van der Waals surface area contributed by atoms with E-state index in [2.05, 4.69) is 10.2 Å². The molecule has 1 saturated heterocycles. The Bertz CT molecular complexity index is 565. The summed E-state index contributed by atoms with van der Waals surface area (Å²) in [5.41, 5.74) is 0. The largest absolute Gasteiger partial charge is 0.309 e. The van der Waals surface area contributed by atoms with Crippen LogP contribution >= 0.6 is 11.8 Å². The third kappa shape index (κ3) is 2.92. The summed E-state index contributed by atoms with van der Waals surface area (Å²) in [6, 6.07) is 0. The Balaban J connectivity index is 2.14. The average Bonchev–Trinajstić information content (AvgIpc) is 2.79. The fourth-order valence-corrected chi connectivity index (χ4v) is 4.43. The van der Waals surface area contributed by atoms with Crippen molar-refractivity contribution in [2.24, 2.45) is 7.05 Å². The van der Waals surface area contributed by atoms with Gasteiger partial charge in [-0.15, -0.1) is 10.2 Å². The van der Waals surface area contributed by atoms with Crippen molar-refractivity contribution in [2.75, 3.05) is 17.3 Å². The van der Waals surface area contributed by atoms with Crippen molar-refractivity contribution in [3.05, 3.63) is 5.82 Å². The molecule has 0 aromatic carbocycles. The normalized spacial score (nSPS) is 22.2. The second kappa shape index (κ2) is 5.00. The fraction of sp³-hybridized carbons (Fsp3) is 0.700. The van der Waals surface area contributed by atoms with Crippen molar-refractivity contribution >= 4 is 27.4 Å². The Labute approximate surface area is 110 Å². The Morgan fingerprint density at radius 1 is 1.50 bits per heavy atom. The predicted molar refractivity (Wildman–Crippen MR) is 68.4 cm³/mol. The zero-order valence-electron chi connectivity index (χ0n) is 10.3. The van der Waals surface area contributed by atoms with Gasteiger partial charge in [0.05, 0.1) is 17.3 Å². The molecule has 0 amide bonds. The molecule has 0 spiro atoms. The monoisotopic (exact) mass is 289 g/mol. The van der Waals surface area contributed by atoms with Crippen LogP contribution < -0.4 is 0 Å². The first-order valence-electron chi connectivity index (χ1n) is 5.61. The number of carbonyl (C=O) groups excluding carboxylic acids is 1. The van der Waals surface area contributed by atoms with E-state index in [9.17, 15) is 13.2 Å². The van der Waals surface area contributed by atoms with E-state index in [1.54, 1.807) is 4.57 Å². The van der Waals surface area contributed by atoms with E-state index in [0.717, 1.165) is 0 Å². The van der Waals surface area contributed by atoms with Gasteiger partial charge in [-0.05, 0) is 13.3 Å². The predicted octanol–water partition coefficient (Wildman–Crippen LogP) is 0.398. The van der Waals surface area contributed by atoms with Crippen molar-refractivity contribution in [1.82, 2.24) is 14.8 Å². The molecule has 2 rings (SSSR count). The van der Waals surface area contributed by atoms with Gasteiger partial charge >= 0.3 is 0 Å². The van der Waals surface area contributed by atoms with Crippen LogP contribution in [0.3, 0.4) is 0 Å². The maximum atomic E-state index is 11.4. The lowest BCUT2D eigenvalue weighted by Crippen LogP contribution is -2.09. The lowest BCUT2D eigenvalue weighted by molar-refractivity contribution is -0.114. The van der Waals surface area contributed by atoms with Crippen molar-refractivity contribution in [2.45, 2.75) is 24.4 Å². The molecule has 0 radical (unpaired) electrons. The van der Waals surface area contributed by atoms with E-state index in [4.69, 9.17) is 0 Å². The van der Waals surface area contributed by atoms with Gasteiger partial charge in [0, 0.05) is 13.0 Å². The van der Waals surface area contributed by atoms with Crippen LogP contribution in [0.15, 0.2) is 5.16 Å². The van der Waals surface area contributed by atoms with Gasteiger partial charge in [-0.3, -0.25) is 4.79 Å². The molecule has 0 bridgehead atoms. The summed E-state index contributed by atoms with van der Waals surface area (Å²) in [6.07, 6.45) is 0.603. The van der Waals surface area contributed by atoms with Crippen LogP contribution in [0.4, 0.5) is 0 Å². The SMILES string of the molecule is CC(=O)CSc1nnc(C2CCS(=O)(=O)C2)n1C. The molecule has 1 atom stereocenters. The van der Waals surface area contributed by atoms with Gasteiger partial charge in [-0.25, -0.2) is 8.42 Å². The summed E-state index contributed by atoms with van der Waals surface area (Å²) < 4.78 is 24.7. The number of hydrogen-bond acceptors (Lipinski definition) is 6. The zero-order chi connectivity index (χ0) is 13.3. The molecule has 1 fully saturated rings. The Kier molecular flexibility index (Phi) is 3.76. The molecule has 8 heteroatoms. The Hall–Kier alpha value is -0.890. The quantitative estimate of drug-likeness (QED) is 0.746. The number of Topliss-reactive ketones (excluding diaryl/α,β-unsaturated/α-hetero) is 1. The zero-order valence-corrected chi connectivity index (χ0v) is 11.9. The first-order valence-corrected chi connectivity index (χ1v) is 8.41. The van der Waals surface area contributed by atoms with Crippen LogP contribution in [0.2, 0.25) is 0 Å². The molecule has 100 valence electrons. The molecule has 0 aliphatic carbocycles. The van der Waals surface area contributed by atoms with E-state index < -0.39 is 9.84 Å². The Morgan fingerprint density at radius 3 is 2.78 bits per heavy atom. The molecule has 1 aliphatic rings. The summed E-state index contributed by atoms with van der Waals surface area (Å²) >= 11 is 1.33. The highest BCUT2D eigenvalue weighted by Gasteiger charge is 2.32. The molecule has 0 N–H and O–H groups in total. The third-order valence-corrected chi connectivity index (χ3v) is 5.80. The highest BCUT2D eigenvalue weighted by atomic mass is 32.2. The van der Waals surface area contributed by atoms with Crippen LogP contribution in [0.1, 0.15) is 25.1 Å². The first kappa shape index (κ1) is 13.5. The number of nitrogens with zero attached hydrogens (tertiary/aromatic N) is 3. The van der Waals surface area contributed by atoms with Gasteiger partial charge in [-0.1, -0.05) is 11.8 Å². The highest BCUT2D eigenvalue weighted by Crippen LogP contribution is 2.29. The summed E-state index contributed by atoms with van der Waals surface area (Å²) in [6.45, 7) is 1.52. The van der Waals surface area contributed by atoms with Crippen LogP contribution in [0.25, 0.3) is 0 Å². The van der Waals surface area contributed by atoms with E-state index in [1.807, 2.05) is 7.05 Å². The summed E-state index contributed by atoms with van der Waals surface area (Å²) in [7, 11) is -1.11. The van der Waals surface area contributed by atoms with Gasteiger partial charge in [-0.2, -0.15) is 0 Å². The second-order valence-corrected chi connectivity index (χ2v) is 7.66. The number of sulfone groups is 1. The molecule has 2 heterocycles. The standard InChI is InChI=1S/C10H15N3O3S2/c1-7(14)5-17-10-12-11-9(13(10)2)8-3-4-18(15,16)6-8/h8H,3-6H2,1-2H3.